The molecule has 0 aromatic heterocycles. The lowest BCUT2D eigenvalue weighted by molar-refractivity contribution is 0.307. The number of hydrogen-bond donors (Lipinski definition) is 1. The van der Waals surface area contributed by atoms with Crippen molar-refractivity contribution in [3.63, 3.8) is 0 Å². The maximum Gasteiger partial charge on any atom is 0.140 e. The minimum absolute atomic E-state index is 0.0328. The summed E-state index contributed by atoms with van der Waals surface area (Å²) >= 11 is 0. The van der Waals surface area contributed by atoms with Crippen molar-refractivity contribution in [2.24, 2.45) is 0 Å². The van der Waals surface area contributed by atoms with Gasteiger partial charge in [-0.25, -0.2) is 0 Å². The summed E-state index contributed by atoms with van der Waals surface area (Å²) in [5.41, 5.74) is 1.31. The van der Waals surface area contributed by atoms with E-state index in [1.807, 2.05) is 19.9 Å². The number of nitrogens with zero attached hydrogens (tertiary/aromatic N) is 1. The quantitative estimate of drug-likeness (QED) is 0.814. The average Bonchev–Trinajstić information content (AvgIpc) is 2.28. The Hall–Kier alpha value is -1.53. The lowest BCUT2D eigenvalue weighted by Gasteiger charge is -2.14. The second kappa shape index (κ2) is 5.38. The lowest BCUT2D eigenvalue weighted by Crippen LogP contribution is -2.05. The molecule has 0 spiro atoms. The Balaban J connectivity index is 3.20. The summed E-state index contributed by atoms with van der Waals surface area (Å²) in [6, 6.07) is 7.42. The fourth-order valence-electron chi connectivity index (χ4n) is 1.35. The van der Waals surface area contributed by atoms with E-state index in [1.54, 1.807) is 12.1 Å². The predicted molar refractivity (Wildman–Crippen MR) is 57.4 cm³/mol. The van der Waals surface area contributed by atoms with Gasteiger partial charge in [-0.15, -0.1) is 0 Å². The van der Waals surface area contributed by atoms with Crippen molar-refractivity contribution in [3.8, 4) is 11.8 Å². The van der Waals surface area contributed by atoms with E-state index in [-0.39, 0.29) is 6.61 Å². The van der Waals surface area contributed by atoms with Crippen LogP contribution in [0, 0.1) is 17.2 Å². The van der Waals surface area contributed by atoms with Gasteiger partial charge in [0.1, 0.15) is 11.8 Å². The standard InChI is InChI=1S/C12H14NO2/c1-3-15-12-10(7-13)5-4-6-11(12)9(2)8-14/h4-6,14H,3,8H2,1-2H3. The highest BCUT2D eigenvalue weighted by atomic mass is 16.5. The fourth-order valence-corrected chi connectivity index (χ4v) is 1.35. The van der Waals surface area contributed by atoms with Crippen LogP contribution >= 0.6 is 0 Å². The Morgan fingerprint density at radius 3 is 2.80 bits per heavy atom. The summed E-state index contributed by atoms with van der Waals surface area (Å²) in [7, 11) is 0. The van der Waals surface area contributed by atoms with Crippen LogP contribution in [0.3, 0.4) is 0 Å². The largest absolute Gasteiger partial charge is 0.492 e. The molecule has 0 unspecified atom stereocenters. The zero-order chi connectivity index (χ0) is 11.3. The first kappa shape index (κ1) is 11.5. The highest BCUT2D eigenvalue weighted by molar-refractivity contribution is 5.53. The molecule has 0 amide bonds. The number of para-hydroxylation sites is 1. The highest BCUT2D eigenvalue weighted by Crippen LogP contribution is 2.29. The second-order valence-corrected chi connectivity index (χ2v) is 3.17. The third kappa shape index (κ3) is 2.48. The highest BCUT2D eigenvalue weighted by Gasteiger charge is 2.14. The lowest BCUT2D eigenvalue weighted by atomic mass is 9.98. The summed E-state index contributed by atoms with van der Waals surface area (Å²) in [4.78, 5) is 0. The molecule has 0 fully saturated rings. The monoisotopic (exact) mass is 204 g/mol. The Morgan fingerprint density at radius 2 is 2.27 bits per heavy atom. The molecule has 0 bridgehead atoms. The molecule has 3 nitrogen and oxygen atoms in total. The first-order chi connectivity index (χ1) is 7.24. The van der Waals surface area contributed by atoms with Gasteiger partial charge < -0.3 is 9.84 Å². The molecule has 1 rings (SSSR count). The first-order valence-corrected chi connectivity index (χ1v) is 4.84. The van der Waals surface area contributed by atoms with E-state index < -0.39 is 0 Å². The first-order valence-electron chi connectivity index (χ1n) is 4.84. The van der Waals surface area contributed by atoms with Gasteiger partial charge in [0.2, 0.25) is 0 Å². The summed E-state index contributed by atoms with van der Waals surface area (Å²) in [6.45, 7) is 4.16. The molecular formula is C12H14NO2. The van der Waals surface area contributed by atoms with E-state index in [1.165, 1.54) is 0 Å². The Morgan fingerprint density at radius 1 is 1.53 bits per heavy atom. The van der Waals surface area contributed by atoms with Gasteiger partial charge in [-0.2, -0.15) is 5.26 Å². The molecule has 15 heavy (non-hydrogen) atoms. The smallest absolute Gasteiger partial charge is 0.140 e. The van der Waals surface area contributed by atoms with Gasteiger partial charge in [0, 0.05) is 11.5 Å². The molecule has 0 atom stereocenters. The van der Waals surface area contributed by atoms with Crippen molar-refractivity contribution in [2.75, 3.05) is 13.2 Å². The van der Waals surface area contributed by atoms with Gasteiger partial charge in [-0.05, 0) is 13.0 Å². The van der Waals surface area contributed by atoms with Gasteiger partial charge in [0.05, 0.1) is 18.8 Å². The Labute approximate surface area is 89.9 Å². The summed E-state index contributed by atoms with van der Waals surface area (Å²) in [6.07, 6.45) is 0. The van der Waals surface area contributed by atoms with Gasteiger partial charge in [0.25, 0.3) is 0 Å². The number of ether oxygens (including phenoxy) is 1. The van der Waals surface area contributed by atoms with Gasteiger partial charge in [-0.3, -0.25) is 0 Å². The second-order valence-electron chi connectivity index (χ2n) is 3.17. The van der Waals surface area contributed by atoms with E-state index in [2.05, 4.69) is 6.07 Å². The van der Waals surface area contributed by atoms with Crippen molar-refractivity contribution in [1.82, 2.24) is 0 Å². The normalized spacial score (nSPS) is 10.1. The third-order valence-electron chi connectivity index (χ3n) is 2.12. The van der Waals surface area contributed by atoms with Crippen LogP contribution in [0.25, 0.3) is 0 Å². The van der Waals surface area contributed by atoms with Crippen LogP contribution in [0.2, 0.25) is 0 Å². The van der Waals surface area contributed by atoms with Crippen molar-refractivity contribution in [3.05, 3.63) is 35.2 Å². The molecule has 1 radical (unpaired) electrons. The molecule has 1 N–H and O–H groups in total. The van der Waals surface area contributed by atoms with Crippen molar-refractivity contribution in [2.45, 2.75) is 13.8 Å². The van der Waals surface area contributed by atoms with E-state index in [0.717, 1.165) is 11.5 Å². The summed E-state index contributed by atoms with van der Waals surface area (Å²) in [5.74, 6) is 1.37. The Bertz CT molecular complexity index is 368. The van der Waals surface area contributed by atoms with E-state index in [9.17, 15) is 0 Å². The number of rotatable bonds is 4. The maximum atomic E-state index is 9.07. The number of hydrogen-bond acceptors (Lipinski definition) is 3. The van der Waals surface area contributed by atoms with Crippen molar-refractivity contribution >= 4 is 0 Å². The van der Waals surface area contributed by atoms with Crippen molar-refractivity contribution < 1.29 is 9.84 Å². The minimum Gasteiger partial charge on any atom is -0.492 e. The van der Waals surface area contributed by atoms with Crippen LogP contribution < -0.4 is 4.74 Å². The molecule has 0 saturated carbocycles. The minimum atomic E-state index is -0.0328. The van der Waals surface area contributed by atoms with Crippen LogP contribution in [0.15, 0.2) is 18.2 Å². The maximum absolute atomic E-state index is 9.07. The molecule has 1 aromatic carbocycles. The van der Waals surface area contributed by atoms with Crippen LogP contribution in [0.1, 0.15) is 25.0 Å². The fraction of sp³-hybridized carbons (Fsp3) is 0.333. The van der Waals surface area contributed by atoms with Gasteiger partial charge in [0.15, 0.2) is 0 Å². The molecule has 0 heterocycles. The molecule has 3 heteroatoms. The molecule has 0 saturated heterocycles. The average molecular weight is 204 g/mol. The van der Waals surface area contributed by atoms with E-state index in [4.69, 9.17) is 15.1 Å². The van der Waals surface area contributed by atoms with Gasteiger partial charge in [-0.1, -0.05) is 19.1 Å². The predicted octanol–water partition coefficient (Wildman–Crippen LogP) is 1.89. The zero-order valence-corrected chi connectivity index (χ0v) is 8.95. The molecular weight excluding hydrogens is 190 g/mol. The van der Waals surface area contributed by atoms with Gasteiger partial charge >= 0.3 is 0 Å². The van der Waals surface area contributed by atoms with Crippen LogP contribution in [-0.2, 0) is 0 Å². The van der Waals surface area contributed by atoms with Crippen molar-refractivity contribution in [1.29, 1.82) is 5.26 Å². The topological polar surface area (TPSA) is 53.2 Å². The number of nitriles is 1. The number of benzene rings is 1. The van der Waals surface area contributed by atoms with Crippen LogP contribution in [0.4, 0.5) is 0 Å². The molecule has 79 valence electrons. The molecule has 0 aliphatic rings. The zero-order valence-electron chi connectivity index (χ0n) is 8.95. The van der Waals surface area contributed by atoms with Crippen LogP contribution in [-0.4, -0.2) is 18.3 Å². The summed E-state index contributed by atoms with van der Waals surface area (Å²) in [5, 5.41) is 18.0. The SMILES string of the molecule is CCOc1c(C#N)cccc1[C](C)CO. The molecule has 0 aliphatic carbocycles. The number of aliphatic hydroxyl groups excluding tert-OH is 1. The summed E-state index contributed by atoms with van der Waals surface area (Å²) < 4.78 is 5.43. The van der Waals surface area contributed by atoms with E-state index >= 15 is 0 Å². The molecule has 1 aromatic rings. The van der Waals surface area contributed by atoms with Crippen LogP contribution in [0.5, 0.6) is 5.75 Å². The number of aliphatic hydroxyl groups is 1. The van der Waals surface area contributed by atoms with E-state index in [0.29, 0.717) is 17.9 Å². The Kier molecular flexibility index (Phi) is 4.14. The molecule has 0 aliphatic heterocycles. The third-order valence-corrected chi connectivity index (χ3v) is 2.12.